The number of hydrogen-bond acceptors (Lipinski definition) is 5. The molecule has 0 saturated carbocycles. The number of aryl methyl sites for hydroxylation is 1. The first-order valence-corrected chi connectivity index (χ1v) is 7.99. The summed E-state index contributed by atoms with van der Waals surface area (Å²) < 4.78 is 5.45. The van der Waals surface area contributed by atoms with Gasteiger partial charge in [0.25, 0.3) is 0 Å². The summed E-state index contributed by atoms with van der Waals surface area (Å²) in [5, 5.41) is 3.89. The van der Waals surface area contributed by atoms with E-state index in [0.717, 1.165) is 45.1 Å². The average molecular weight is 313 g/mol. The molecule has 0 amide bonds. The zero-order chi connectivity index (χ0) is 15.2. The van der Waals surface area contributed by atoms with Crippen LogP contribution in [0.2, 0.25) is 5.15 Å². The minimum Gasteiger partial charge on any atom is -0.379 e. The Labute approximate surface area is 132 Å². The highest BCUT2D eigenvalue weighted by Crippen LogP contribution is 2.16. The van der Waals surface area contributed by atoms with E-state index in [9.17, 15) is 0 Å². The third-order valence-electron chi connectivity index (χ3n) is 3.63. The molecule has 1 atom stereocenters. The number of hydrogen-bond donors (Lipinski definition) is 1. The summed E-state index contributed by atoms with van der Waals surface area (Å²) in [6, 6.07) is 2.27. The van der Waals surface area contributed by atoms with E-state index in [1.807, 2.05) is 6.92 Å². The maximum atomic E-state index is 5.98. The van der Waals surface area contributed by atoms with E-state index in [-0.39, 0.29) is 0 Å². The number of anilines is 1. The predicted octanol–water partition coefficient (Wildman–Crippen LogP) is 2.60. The highest BCUT2D eigenvalue weighted by Gasteiger charge is 2.21. The van der Waals surface area contributed by atoms with Crippen molar-refractivity contribution in [2.24, 2.45) is 5.92 Å². The molecule has 0 aromatic carbocycles. The second kappa shape index (κ2) is 7.92. The fourth-order valence-electron chi connectivity index (χ4n) is 2.69. The van der Waals surface area contributed by atoms with E-state index in [2.05, 4.69) is 34.0 Å². The molecular formula is C15H25ClN4O. The number of morpholine rings is 1. The van der Waals surface area contributed by atoms with E-state index in [1.54, 1.807) is 6.07 Å². The molecular weight excluding hydrogens is 288 g/mol. The van der Waals surface area contributed by atoms with Gasteiger partial charge in [-0.25, -0.2) is 9.97 Å². The quantitative estimate of drug-likeness (QED) is 0.818. The van der Waals surface area contributed by atoms with Crippen LogP contribution in [0.4, 0.5) is 5.82 Å². The van der Waals surface area contributed by atoms with Crippen LogP contribution in [0.3, 0.4) is 0 Å². The van der Waals surface area contributed by atoms with Gasteiger partial charge in [-0.2, -0.15) is 0 Å². The summed E-state index contributed by atoms with van der Waals surface area (Å²) in [5.41, 5.74) is 0. The van der Waals surface area contributed by atoms with Gasteiger partial charge in [0.15, 0.2) is 0 Å². The lowest BCUT2D eigenvalue weighted by atomic mass is 10.0. The lowest BCUT2D eigenvalue weighted by Crippen LogP contribution is -2.47. The van der Waals surface area contributed by atoms with E-state index >= 15 is 0 Å². The maximum absolute atomic E-state index is 5.98. The Kier molecular flexibility index (Phi) is 6.21. The lowest BCUT2D eigenvalue weighted by molar-refractivity contribution is 0.0150. The monoisotopic (exact) mass is 312 g/mol. The Balaban J connectivity index is 1.97. The zero-order valence-corrected chi connectivity index (χ0v) is 13.9. The van der Waals surface area contributed by atoms with Crippen molar-refractivity contribution in [2.75, 3.05) is 38.2 Å². The van der Waals surface area contributed by atoms with Crippen molar-refractivity contribution < 1.29 is 4.74 Å². The molecule has 1 aliphatic rings. The maximum Gasteiger partial charge on any atom is 0.134 e. The van der Waals surface area contributed by atoms with Crippen LogP contribution in [0.15, 0.2) is 6.07 Å². The van der Waals surface area contributed by atoms with Gasteiger partial charge in [0.05, 0.1) is 13.2 Å². The summed E-state index contributed by atoms with van der Waals surface area (Å²) in [7, 11) is 0. The van der Waals surface area contributed by atoms with Crippen molar-refractivity contribution in [3.05, 3.63) is 17.0 Å². The SMILES string of the molecule is Cc1nc(Cl)cc(NCC(CC(C)C)N2CCOCC2)n1. The standard InChI is InChI=1S/C15H25ClN4O/c1-11(2)8-13(20-4-6-21-7-5-20)10-17-15-9-14(16)18-12(3)19-15/h9,11,13H,4-8,10H2,1-3H3,(H,17,18,19). The van der Waals surface area contributed by atoms with Crippen LogP contribution in [0, 0.1) is 12.8 Å². The Bertz CT molecular complexity index is 429. The molecule has 0 spiro atoms. The number of rotatable bonds is 6. The first kappa shape index (κ1) is 16.5. The summed E-state index contributed by atoms with van der Waals surface area (Å²) in [6.45, 7) is 10.9. The molecule has 21 heavy (non-hydrogen) atoms. The molecule has 1 saturated heterocycles. The van der Waals surface area contributed by atoms with Crippen LogP contribution >= 0.6 is 11.6 Å². The van der Waals surface area contributed by atoms with Crippen LogP contribution < -0.4 is 5.32 Å². The van der Waals surface area contributed by atoms with Crippen molar-refractivity contribution in [1.29, 1.82) is 0 Å². The van der Waals surface area contributed by atoms with Gasteiger partial charge in [-0.05, 0) is 19.3 Å². The molecule has 0 aliphatic carbocycles. The van der Waals surface area contributed by atoms with E-state index < -0.39 is 0 Å². The third-order valence-corrected chi connectivity index (χ3v) is 3.82. The molecule has 0 bridgehead atoms. The van der Waals surface area contributed by atoms with Crippen LogP contribution in [-0.2, 0) is 4.74 Å². The summed E-state index contributed by atoms with van der Waals surface area (Å²) in [4.78, 5) is 11.0. The van der Waals surface area contributed by atoms with Crippen molar-refractivity contribution in [3.8, 4) is 0 Å². The largest absolute Gasteiger partial charge is 0.379 e. The first-order chi connectivity index (χ1) is 10.0. The third kappa shape index (κ3) is 5.41. The molecule has 118 valence electrons. The molecule has 1 aliphatic heterocycles. The number of halogens is 1. The predicted molar refractivity (Wildman–Crippen MR) is 85.9 cm³/mol. The van der Waals surface area contributed by atoms with Crippen molar-refractivity contribution in [1.82, 2.24) is 14.9 Å². The smallest absolute Gasteiger partial charge is 0.134 e. The lowest BCUT2D eigenvalue weighted by Gasteiger charge is -2.35. The van der Waals surface area contributed by atoms with Crippen LogP contribution in [0.25, 0.3) is 0 Å². The topological polar surface area (TPSA) is 50.3 Å². The minimum absolute atomic E-state index is 0.483. The van der Waals surface area contributed by atoms with Gasteiger partial charge < -0.3 is 10.1 Å². The molecule has 1 unspecified atom stereocenters. The minimum atomic E-state index is 0.483. The van der Waals surface area contributed by atoms with Crippen molar-refractivity contribution in [2.45, 2.75) is 33.2 Å². The van der Waals surface area contributed by atoms with Crippen molar-refractivity contribution >= 4 is 17.4 Å². The molecule has 1 N–H and O–H groups in total. The van der Waals surface area contributed by atoms with Gasteiger partial charge in [-0.15, -0.1) is 0 Å². The molecule has 2 heterocycles. The molecule has 6 heteroatoms. The van der Waals surface area contributed by atoms with Gasteiger partial charge in [0.1, 0.15) is 16.8 Å². The number of nitrogens with one attached hydrogen (secondary N) is 1. The average Bonchev–Trinajstić information content (AvgIpc) is 2.43. The Morgan fingerprint density at radius 3 is 2.67 bits per heavy atom. The summed E-state index contributed by atoms with van der Waals surface area (Å²) in [5.74, 6) is 2.15. The molecule has 2 rings (SSSR count). The van der Waals surface area contributed by atoms with Gasteiger partial charge >= 0.3 is 0 Å². The molecule has 5 nitrogen and oxygen atoms in total. The fraction of sp³-hybridized carbons (Fsp3) is 0.733. The Morgan fingerprint density at radius 1 is 1.33 bits per heavy atom. The number of aromatic nitrogens is 2. The van der Waals surface area contributed by atoms with E-state index in [4.69, 9.17) is 16.3 Å². The summed E-state index contributed by atoms with van der Waals surface area (Å²) >= 11 is 5.98. The van der Waals surface area contributed by atoms with Gasteiger partial charge in [0, 0.05) is 31.7 Å². The van der Waals surface area contributed by atoms with Crippen LogP contribution in [0.5, 0.6) is 0 Å². The fourth-order valence-corrected chi connectivity index (χ4v) is 2.92. The molecule has 1 aromatic rings. The highest BCUT2D eigenvalue weighted by atomic mass is 35.5. The molecule has 1 fully saturated rings. The highest BCUT2D eigenvalue weighted by molar-refractivity contribution is 6.29. The van der Waals surface area contributed by atoms with Crippen molar-refractivity contribution in [3.63, 3.8) is 0 Å². The zero-order valence-electron chi connectivity index (χ0n) is 13.1. The molecule has 0 radical (unpaired) electrons. The van der Waals surface area contributed by atoms with Crippen LogP contribution in [-0.4, -0.2) is 53.8 Å². The first-order valence-electron chi connectivity index (χ1n) is 7.61. The van der Waals surface area contributed by atoms with E-state index in [1.165, 1.54) is 0 Å². The second-order valence-corrected chi connectivity index (χ2v) is 6.32. The van der Waals surface area contributed by atoms with Gasteiger partial charge in [-0.3, -0.25) is 4.90 Å². The number of nitrogens with zero attached hydrogens (tertiary/aromatic N) is 3. The summed E-state index contributed by atoms with van der Waals surface area (Å²) in [6.07, 6.45) is 1.16. The second-order valence-electron chi connectivity index (χ2n) is 5.94. The van der Waals surface area contributed by atoms with Gasteiger partial charge in [0.2, 0.25) is 0 Å². The Hall–Kier alpha value is -0.910. The normalized spacial score (nSPS) is 18.0. The molecule has 1 aromatic heterocycles. The van der Waals surface area contributed by atoms with Crippen LogP contribution in [0.1, 0.15) is 26.1 Å². The Morgan fingerprint density at radius 2 is 2.05 bits per heavy atom. The van der Waals surface area contributed by atoms with E-state index in [0.29, 0.717) is 22.9 Å². The number of ether oxygens (including phenoxy) is 1. The van der Waals surface area contributed by atoms with Gasteiger partial charge in [-0.1, -0.05) is 25.4 Å².